The summed E-state index contributed by atoms with van der Waals surface area (Å²) in [6.45, 7) is 2.28. The van der Waals surface area contributed by atoms with Crippen molar-refractivity contribution in [1.29, 1.82) is 0 Å². The number of rotatable bonds is 9. The number of H-pyrrole nitrogens is 1. The average molecular weight is 485 g/mol. The smallest absolute Gasteiger partial charge is 0.288 e. The first-order valence-corrected chi connectivity index (χ1v) is 11.8. The Bertz CT molecular complexity index is 1160. The number of nitrogens with zero attached hydrogens (tertiary/aromatic N) is 2. The second-order valence-corrected chi connectivity index (χ2v) is 8.91. The van der Waals surface area contributed by atoms with E-state index in [9.17, 15) is 18.7 Å². The summed E-state index contributed by atoms with van der Waals surface area (Å²) < 4.78 is 27.5. The fourth-order valence-electron chi connectivity index (χ4n) is 4.56. The van der Waals surface area contributed by atoms with Gasteiger partial charge in [-0.2, -0.15) is 4.98 Å². The van der Waals surface area contributed by atoms with Gasteiger partial charge in [-0.15, -0.1) is 5.10 Å². The van der Waals surface area contributed by atoms with Crippen LogP contribution in [-0.2, 0) is 19.3 Å². The number of carbonyl (C=O) groups excluding carboxylic acids is 1. The average Bonchev–Trinajstić information content (AvgIpc) is 3.27. The number of aromatic amines is 1. The molecule has 0 saturated carbocycles. The molecule has 1 aliphatic rings. The van der Waals surface area contributed by atoms with Crippen LogP contribution < -0.4 is 16.4 Å². The van der Waals surface area contributed by atoms with E-state index >= 15 is 0 Å². The number of aromatic nitrogens is 3. The Kier molecular flexibility index (Phi) is 7.72. The van der Waals surface area contributed by atoms with Crippen LogP contribution in [0.5, 0.6) is 0 Å². The van der Waals surface area contributed by atoms with Crippen LogP contribution in [-0.4, -0.2) is 44.9 Å². The van der Waals surface area contributed by atoms with Crippen LogP contribution in [0.1, 0.15) is 58.7 Å². The van der Waals surface area contributed by atoms with E-state index in [4.69, 9.17) is 5.73 Å². The molecule has 3 atom stereocenters. The molecule has 6 N–H and O–H groups in total. The van der Waals surface area contributed by atoms with Crippen molar-refractivity contribution in [3.63, 3.8) is 0 Å². The molecule has 0 fully saturated rings. The lowest BCUT2D eigenvalue weighted by Gasteiger charge is -2.30. The second-order valence-electron chi connectivity index (χ2n) is 8.91. The number of anilines is 1. The molecule has 0 aliphatic heterocycles. The molecular formula is C25H30F2N6O2. The molecule has 4 rings (SSSR count). The highest BCUT2D eigenvalue weighted by Crippen LogP contribution is 2.30. The molecule has 0 spiro atoms. The lowest BCUT2D eigenvalue weighted by molar-refractivity contribution is 0.0814. The summed E-state index contributed by atoms with van der Waals surface area (Å²) in [4.78, 5) is 16.5. The number of amides is 1. The lowest BCUT2D eigenvalue weighted by atomic mass is 9.86. The topological polar surface area (TPSA) is 129 Å². The monoisotopic (exact) mass is 484 g/mol. The summed E-state index contributed by atoms with van der Waals surface area (Å²) in [5.74, 6) is -2.31. The Morgan fingerprint density at radius 3 is 2.69 bits per heavy atom. The first-order valence-electron chi connectivity index (χ1n) is 11.8. The summed E-state index contributed by atoms with van der Waals surface area (Å²) in [7, 11) is 0. The maximum atomic E-state index is 13.8. The molecule has 0 radical (unpaired) electrons. The predicted molar refractivity (Wildman–Crippen MR) is 128 cm³/mol. The standard InChI is InChI=1S/C25H30F2N6O2/c1-2-14-6-7-16-4-3-5-20(19(16)10-14)29-13-22(34)21(11-15-8-17(26)12-18(27)9-15)30-24(35)23-31-25(28)33-32-23/h6-10,12,20-22,29,34H,2-5,11,13H2,1H3,(H,30,35)(H3,28,31,32,33)/t20-,21-,22+/m0/s1. The summed E-state index contributed by atoms with van der Waals surface area (Å²) in [6.07, 6.45) is 2.87. The van der Waals surface area contributed by atoms with E-state index in [-0.39, 0.29) is 30.8 Å². The van der Waals surface area contributed by atoms with Crippen molar-refractivity contribution >= 4 is 11.9 Å². The molecule has 1 heterocycles. The first kappa shape index (κ1) is 24.7. The lowest BCUT2D eigenvalue weighted by Crippen LogP contribution is -2.49. The highest BCUT2D eigenvalue weighted by Gasteiger charge is 2.27. The molecule has 1 aliphatic carbocycles. The van der Waals surface area contributed by atoms with Crippen LogP contribution in [0.3, 0.4) is 0 Å². The van der Waals surface area contributed by atoms with E-state index < -0.39 is 29.7 Å². The van der Waals surface area contributed by atoms with Crippen LogP contribution >= 0.6 is 0 Å². The molecule has 8 nitrogen and oxygen atoms in total. The van der Waals surface area contributed by atoms with Gasteiger partial charge in [-0.25, -0.2) is 8.78 Å². The summed E-state index contributed by atoms with van der Waals surface area (Å²) in [5, 5.41) is 23.2. The fraction of sp³-hybridized carbons (Fsp3) is 0.400. The van der Waals surface area contributed by atoms with E-state index in [1.807, 2.05) is 0 Å². The van der Waals surface area contributed by atoms with Gasteiger partial charge in [0.05, 0.1) is 12.1 Å². The van der Waals surface area contributed by atoms with Crippen molar-refractivity contribution in [2.75, 3.05) is 12.3 Å². The second kappa shape index (κ2) is 10.9. The quantitative estimate of drug-likeness (QED) is 0.318. The fourth-order valence-corrected chi connectivity index (χ4v) is 4.56. The van der Waals surface area contributed by atoms with Gasteiger partial charge in [-0.3, -0.25) is 9.89 Å². The highest BCUT2D eigenvalue weighted by molar-refractivity contribution is 5.90. The molecule has 1 amide bonds. The molecule has 3 aromatic rings. The molecule has 1 aromatic heterocycles. The number of nitrogen functional groups attached to an aromatic ring is 1. The number of nitrogens with two attached hydrogens (primary N) is 1. The Morgan fingerprint density at radius 1 is 1.23 bits per heavy atom. The number of halogens is 2. The van der Waals surface area contributed by atoms with Gasteiger partial charge in [0.2, 0.25) is 11.8 Å². The van der Waals surface area contributed by atoms with Gasteiger partial charge in [0, 0.05) is 18.7 Å². The maximum Gasteiger partial charge on any atom is 0.288 e. The number of aryl methyl sites for hydroxylation is 2. The van der Waals surface area contributed by atoms with Crippen LogP contribution in [0.4, 0.5) is 14.7 Å². The number of aliphatic hydroxyl groups excluding tert-OH is 1. The van der Waals surface area contributed by atoms with Crippen molar-refractivity contribution in [3.8, 4) is 0 Å². The van der Waals surface area contributed by atoms with E-state index in [1.54, 1.807) is 0 Å². The molecule has 0 bridgehead atoms. The zero-order chi connectivity index (χ0) is 24.9. The SMILES string of the molecule is CCc1ccc2c(c1)[C@@H](NC[C@@H](O)[C@H](Cc1cc(F)cc(F)c1)NC(=O)c1nc(N)n[nH]1)CCC2. The van der Waals surface area contributed by atoms with Gasteiger partial charge in [0.15, 0.2) is 0 Å². The van der Waals surface area contributed by atoms with Gasteiger partial charge in [-0.05, 0) is 66.5 Å². The van der Waals surface area contributed by atoms with Crippen molar-refractivity contribution < 1.29 is 18.7 Å². The molecule has 2 aromatic carbocycles. The summed E-state index contributed by atoms with van der Waals surface area (Å²) >= 11 is 0. The maximum absolute atomic E-state index is 13.8. The van der Waals surface area contributed by atoms with Gasteiger partial charge in [0.1, 0.15) is 11.6 Å². The molecule has 186 valence electrons. The van der Waals surface area contributed by atoms with Gasteiger partial charge < -0.3 is 21.5 Å². The molecular weight excluding hydrogens is 454 g/mol. The van der Waals surface area contributed by atoms with Crippen molar-refractivity contribution in [1.82, 2.24) is 25.8 Å². The van der Waals surface area contributed by atoms with Gasteiger partial charge in [0.25, 0.3) is 5.91 Å². The van der Waals surface area contributed by atoms with E-state index in [1.165, 1.54) is 28.8 Å². The third kappa shape index (κ3) is 6.20. The summed E-state index contributed by atoms with van der Waals surface area (Å²) in [5.41, 5.74) is 9.56. The third-order valence-corrected chi connectivity index (χ3v) is 6.38. The number of carbonyl (C=O) groups is 1. The minimum absolute atomic E-state index is 0.00806. The molecule has 10 heteroatoms. The summed E-state index contributed by atoms with van der Waals surface area (Å²) in [6, 6.07) is 8.87. The minimum atomic E-state index is -1.05. The van der Waals surface area contributed by atoms with E-state index in [0.717, 1.165) is 31.7 Å². The number of fused-ring (bicyclic) bond motifs is 1. The highest BCUT2D eigenvalue weighted by atomic mass is 19.1. The largest absolute Gasteiger partial charge is 0.390 e. The van der Waals surface area contributed by atoms with Gasteiger partial charge in [-0.1, -0.05) is 25.1 Å². The third-order valence-electron chi connectivity index (χ3n) is 6.38. The zero-order valence-electron chi connectivity index (χ0n) is 19.5. The zero-order valence-corrected chi connectivity index (χ0v) is 19.5. The Labute approximate surface area is 202 Å². The van der Waals surface area contributed by atoms with Crippen LogP contribution in [0, 0.1) is 11.6 Å². The van der Waals surface area contributed by atoms with Crippen molar-refractivity contribution in [2.45, 2.75) is 57.2 Å². The number of nitrogens with one attached hydrogen (secondary N) is 3. The van der Waals surface area contributed by atoms with Crippen LogP contribution in [0.25, 0.3) is 0 Å². The predicted octanol–water partition coefficient (Wildman–Crippen LogP) is 2.60. The van der Waals surface area contributed by atoms with Crippen LogP contribution in [0.2, 0.25) is 0 Å². The Morgan fingerprint density at radius 2 is 2.00 bits per heavy atom. The van der Waals surface area contributed by atoms with Gasteiger partial charge >= 0.3 is 0 Å². The molecule has 0 unspecified atom stereocenters. The van der Waals surface area contributed by atoms with Crippen molar-refractivity contribution in [2.24, 2.45) is 0 Å². The first-order chi connectivity index (χ1) is 16.8. The molecule has 0 saturated heterocycles. The Balaban J connectivity index is 1.50. The number of hydrogen-bond acceptors (Lipinski definition) is 6. The van der Waals surface area contributed by atoms with E-state index in [0.29, 0.717) is 5.56 Å². The molecule has 35 heavy (non-hydrogen) atoms. The number of hydrogen-bond donors (Lipinski definition) is 5. The van der Waals surface area contributed by atoms with Crippen LogP contribution in [0.15, 0.2) is 36.4 Å². The minimum Gasteiger partial charge on any atom is -0.390 e. The van der Waals surface area contributed by atoms with Crippen molar-refractivity contribution in [3.05, 3.63) is 76.1 Å². The number of aliphatic hydroxyl groups is 1. The number of benzene rings is 2. The normalized spacial score (nSPS) is 17.0. The Hall–Kier alpha value is -3.37. The van der Waals surface area contributed by atoms with E-state index in [2.05, 4.69) is 50.9 Å².